The third-order valence-electron chi connectivity index (χ3n) is 2.40. The van der Waals surface area contributed by atoms with Gasteiger partial charge in [-0.15, -0.1) is 0 Å². The zero-order valence-corrected chi connectivity index (χ0v) is 9.57. The van der Waals surface area contributed by atoms with E-state index in [0.29, 0.717) is 13.0 Å². The summed E-state index contributed by atoms with van der Waals surface area (Å²) >= 11 is 0. The molecular weight excluding hydrogens is 240 g/mol. The van der Waals surface area contributed by atoms with Gasteiger partial charge in [0.1, 0.15) is 11.6 Å². The number of nitrogens with zero attached hydrogens (tertiary/aromatic N) is 1. The fourth-order valence-electron chi connectivity index (χ4n) is 1.59. The maximum Gasteiger partial charge on any atom is 0.387 e. The Morgan fingerprint density at radius 3 is 2.61 bits per heavy atom. The maximum atomic E-state index is 12.0. The molecule has 0 radical (unpaired) electrons. The fraction of sp³-hybridized carbons (Fsp3) is 0.250. The van der Waals surface area contributed by atoms with E-state index in [1.165, 1.54) is 12.1 Å². The first kappa shape index (κ1) is 12.5. The van der Waals surface area contributed by atoms with E-state index in [0.717, 1.165) is 17.1 Å². The molecule has 3 N–H and O–H groups in total. The second-order valence-corrected chi connectivity index (χ2v) is 3.69. The van der Waals surface area contributed by atoms with Gasteiger partial charge < -0.3 is 15.5 Å². The Morgan fingerprint density at radius 1 is 1.28 bits per heavy atom. The lowest BCUT2D eigenvalue weighted by Crippen LogP contribution is -2.03. The number of aromatic nitrogens is 2. The Bertz CT molecular complexity index is 496. The molecule has 0 atom stereocenters. The highest BCUT2D eigenvalue weighted by molar-refractivity contribution is 5.59. The Morgan fingerprint density at radius 2 is 2.00 bits per heavy atom. The lowest BCUT2D eigenvalue weighted by molar-refractivity contribution is -0.0498. The van der Waals surface area contributed by atoms with Crippen molar-refractivity contribution in [1.82, 2.24) is 9.97 Å². The molecule has 0 unspecified atom stereocenters. The summed E-state index contributed by atoms with van der Waals surface area (Å²) in [6.07, 6.45) is 2.36. The molecule has 0 amide bonds. The normalized spacial score (nSPS) is 10.9. The number of hydrogen-bond donors (Lipinski definition) is 2. The van der Waals surface area contributed by atoms with Crippen LogP contribution in [-0.2, 0) is 6.42 Å². The number of halogens is 2. The molecule has 1 aromatic carbocycles. The molecule has 0 saturated carbocycles. The molecular formula is C12H13F2N3O. The van der Waals surface area contributed by atoms with Crippen LogP contribution in [0.25, 0.3) is 11.3 Å². The third kappa shape index (κ3) is 3.04. The minimum absolute atomic E-state index is 0.135. The summed E-state index contributed by atoms with van der Waals surface area (Å²) in [5.41, 5.74) is 7.10. The number of H-pyrrole nitrogens is 1. The van der Waals surface area contributed by atoms with E-state index in [1.54, 1.807) is 18.3 Å². The number of hydrogen-bond acceptors (Lipinski definition) is 3. The van der Waals surface area contributed by atoms with E-state index in [2.05, 4.69) is 14.7 Å². The topological polar surface area (TPSA) is 63.9 Å². The van der Waals surface area contributed by atoms with Gasteiger partial charge in [0.25, 0.3) is 0 Å². The van der Waals surface area contributed by atoms with Gasteiger partial charge in [-0.2, -0.15) is 8.78 Å². The molecule has 4 nitrogen and oxygen atoms in total. The SMILES string of the molecule is NCCc1ncc(-c2ccc(OC(F)F)cc2)[nH]1. The van der Waals surface area contributed by atoms with Gasteiger partial charge in [-0.05, 0) is 36.4 Å². The number of aromatic amines is 1. The van der Waals surface area contributed by atoms with Crippen LogP contribution in [0.3, 0.4) is 0 Å². The summed E-state index contributed by atoms with van der Waals surface area (Å²) in [6, 6.07) is 6.37. The highest BCUT2D eigenvalue weighted by atomic mass is 19.3. The van der Waals surface area contributed by atoms with Crippen molar-refractivity contribution in [3.05, 3.63) is 36.3 Å². The predicted octanol–water partition coefficient (Wildman–Crippen LogP) is 2.18. The van der Waals surface area contributed by atoms with Gasteiger partial charge in [0.15, 0.2) is 0 Å². The van der Waals surface area contributed by atoms with Crippen molar-refractivity contribution in [1.29, 1.82) is 0 Å². The largest absolute Gasteiger partial charge is 0.435 e. The minimum Gasteiger partial charge on any atom is -0.435 e. The summed E-state index contributed by atoms with van der Waals surface area (Å²) in [6.45, 7) is -2.28. The molecule has 0 spiro atoms. The zero-order chi connectivity index (χ0) is 13.0. The molecule has 0 aliphatic heterocycles. The van der Waals surface area contributed by atoms with E-state index >= 15 is 0 Å². The number of nitrogens with two attached hydrogens (primary N) is 1. The number of rotatable bonds is 5. The van der Waals surface area contributed by atoms with Crippen LogP contribution in [0.1, 0.15) is 5.82 Å². The molecule has 96 valence electrons. The Hall–Kier alpha value is -1.95. The average molecular weight is 253 g/mol. The van der Waals surface area contributed by atoms with E-state index in [9.17, 15) is 8.78 Å². The van der Waals surface area contributed by atoms with Crippen molar-refractivity contribution in [2.45, 2.75) is 13.0 Å². The van der Waals surface area contributed by atoms with E-state index in [1.807, 2.05) is 0 Å². The second kappa shape index (κ2) is 5.59. The summed E-state index contributed by atoms with van der Waals surface area (Å²) < 4.78 is 28.2. The van der Waals surface area contributed by atoms with Gasteiger partial charge in [0.2, 0.25) is 0 Å². The van der Waals surface area contributed by atoms with Gasteiger partial charge in [-0.1, -0.05) is 0 Å². The third-order valence-corrected chi connectivity index (χ3v) is 2.40. The van der Waals surface area contributed by atoms with Crippen molar-refractivity contribution in [3.8, 4) is 17.0 Å². The molecule has 2 rings (SSSR count). The molecule has 18 heavy (non-hydrogen) atoms. The molecule has 1 aromatic heterocycles. The Labute approximate surface area is 103 Å². The maximum absolute atomic E-state index is 12.0. The fourth-order valence-corrected chi connectivity index (χ4v) is 1.59. The quantitative estimate of drug-likeness (QED) is 0.858. The summed E-state index contributed by atoms with van der Waals surface area (Å²) in [7, 11) is 0. The van der Waals surface area contributed by atoms with Crippen molar-refractivity contribution in [2.24, 2.45) is 5.73 Å². The highest BCUT2D eigenvalue weighted by Crippen LogP contribution is 2.21. The van der Waals surface area contributed by atoms with Crippen molar-refractivity contribution in [2.75, 3.05) is 6.54 Å². The Kier molecular flexibility index (Phi) is 3.88. The minimum atomic E-state index is -2.81. The van der Waals surface area contributed by atoms with Crippen LogP contribution in [0, 0.1) is 0 Å². The first-order valence-electron chi connectivity index (χ1n) is 5.48. The van der Waals surface area contributed by atoms with Crippen LogP contribution in [0.15, 0.2) is 30.5 Å². The predicted molar refractivity (Wildman–Crippen MR) is 63.4 cm³/mol. The molecule has 0 saturated heterocycles. The van der Waals surface area contributed by atoms with Crippen molar-refractivity contribution < 1.29 is 13.5 Å². The molecule has 0 bridgehead atoms. The van der Waals surface area contributed by atoms with Crippen LogP contribution in [-0.4, -0.2) is 23.1 Å². The summed E-state index contributed by atoms with van der Waals surface area (Å²) in [5.74, 6) is 0.941. The van der Waals surface area contributed by atoms with E-state index in [4.69, 9.17) is 5.73 Å². The number of alkyl halides is 2. The molecule has 0 aliphatic rings. The highest BCUT2D eigenvalue weighted by Gasteiger charge is 2.06. The monoisotopic (exact) mass is 253 g/mol. The van der Waals surface area contributed by atoms with Crippen LogP contribution in [0.4, 0.5) is 8.78 Å². The van der Waals surface area contributed by atoms with E-state index < -0.39 is 6.61 Å². The molecule has 2 aromatic rings. The first-order chi connectivity index (χ1) is 8.69. The number of benzene rings is 1. The number of nitrogens with one attached hydrogen (secondary N) is 1. The van der Waals surface area contributed by atoms with Crippen LogP contribution >= 0.6 is 0 Å². The molecule has 0 fully saturated rings. The van der Waals surface area contributed by atoms with Crippen LogP contribution < -0.4 is 10.5 Å². The van der Waals surface area contributed by atoms with E-state index in [-0.39, 0.29) is 5.75 Å². The zero-order valence-electron chi connectivity index (χ0n) is 9.57. The standard InChI is InChI=1S/C12H13F2N3O/c13-12(14)18-9-3-1-8(2-4-9)10-7-16-11(17-10)5-6-15/h1-4,7,12H,5-6,15H2,(H,16,17). The van der Waals surface area contributed by atoms with Crippen molar-refractivity contribution >= 4 is 0 Å². The smallest absolute Gasteiger partial charge is 0.387 e. The molecule has 6 heteroatoms. The van der Waals surface area contributed by atoms with Crippen LogP contribution in [0.5, 0.6) is 5.75 Å². The molecule has 1 heterocycles. The molecule has 0 aliphatic carbocycles. The van der Waals surface area contributed by atoms with Gasteiger partial charge >= 0.3 is 6.61 Å². The number of ether oxygens (including phenoxy) is 1. The average Bonchev–Trinajstić information content (AvgIpc) is 2.78. The van der Waals surface area contributed by atoms with Gasteiger partial charge in [-0.25, -0.2) is 4.98 Å². The Balaban J connectivity index is 2.12. The van der Waals surface area contributed by atoms with Crippen molar-refractivity contribution in [3.63, 3.8) is 0 Å². The van der Waals surface area contributed by atoms with Gasteiger partial charge in [-0.3, -0.25) is 0 Å². The number of imidazole rings is 1. The first-order valence-corrected chi connectivity index (χ1v) is 5.48. The second-order valence-electron chi connectivity index (χ2n) is 3.69. The summed E-state index contributed by atoms with van der Waals surface area (Å²) in [4.78, 5) is 7.28. The lowest BCUT2D eigenvalue weighted by atomic mass is 10.2. The van der Waals surface area contributed by atoms with Crippen LogP contribution in [0.2, 0.25) is 0 Å². The lowest BCUT2D eigenvalue weighted by Gasteiger charge is -2.04. The summed E-state index contributed by atoms with van der Waals surface area (Å²) in [5, 5.41) is 0. The van der Waals surface area contributed by atoms with Gasteiger partial charge in [0.05, 0.1) is 11.9 Å². The van der Waals surface area contributed by atoms with Gasteiger partial charge in [0, 0.05) is 6.42 Å².